The standard InChI is InChI=1S/C24H31N3OS.ClH/c1-6-20-9-7-10-21-23(20)25-24(29-21)27(14-8-13-26(4)5)22(28)16-19-12-11-17(2)18(3)15-19;/h7,9-12,15H,6,8,13-14,16H2,1-5H3;1H. The molecule has 3 rings (SSSR count). The minimum absolute atomic E-state index is 0. The summed E-state index contributed by atoms with van der Waals surface area (Å²) in [5, 5.41) is 0.813. The molecule has 0 bridgehead atoms. The van der Waals surface area contributed by atoms with Crippen LogP contribution in [-0.4, -0.2) is 43.0 Å². The predicted molar refractivity (Wildman–Crippen MR) is 131 cm³/mol. The number of aryl methyl sites for hydroxylation is 3. The number of hydrogen-bond acceptors (Lipinski definition) is 4. The van der Waals surface area contributed by atoms with Crippen LogP contribution in [0.2, 0.25) is 0 Å². The number of benzene rings is 2. The average molecular weight is 446 g/mol. The maximum atomic E-state index is 13.3. The second-order valence-corrected chi connectivity index (χ2v) is 8.92. The molecule has 2 aromatic carbocycles. The minimum atomic E-state index is 0. The van der Waals surface area contributed by atoms with E-state index < -0.39 is 0 Å². The molecule has 0 saturated carbocycles. The van der Waals surface area contributed by atoms with E-state index in [9.17, 15) is 4.79 Å². The first kappa shape index (κ1) is 24.3. The Morgan fingerprint density at radius 3 is 2.50 bits per heavy atom. The largest absolute Gasteiger partial charge is 0.309 e. The SMILES string of the molecule is CCc1cccc2sc(N(CCCN(C)C)C(=O)Cc3ccc(C)c(C)c3)nc12.Cl. The third-order valence-electron chi connectivity index (χ3n) is 5.32. The van der Waals surface area contributed by atoms with Crippen LogP contribution < -0.4 is 4.90 Å². The van der Waals surface area contributed by atoms with Gasteiger partial charge in [-0.2, -0.15) is 0 Å². The fourth-order valence-electron chi connectivity index (χ4n) is 3.45. The Morgan fingerprint density at radius 2 is 1.83 bits per heavy atom. The van der Waals surface area contributed by atoms with E-state index in [2.05, 4.69) is 76.2 Å². The lowest BCUT2D eigenvalue weighted by atomic mass is 10.0. The highest BCUT2D eigenvalue weighted by Gasteiger charge is 2.20. The molecule has 0 aliphatic heterocycles. The molecule has 0 N–H and O–H groups in total. The van der Waals surface area contributed by atoms with E-state index in [0.717, 1.165) is 40.3 Å². The Labute approximate surface area is 190 Å². The van der Waals surface area contributed by atoms with E-state index in [1.807, 2.05) is 4.90 Å². The van der Waals surface area contributed by atoms with Crippen LogP contribution in [0.1, 0.15) is 35.6 Å². The number of aromatic nitrogens is 1. The van der Waals surface area contributed by atoms with Crippen LogP contribution in [0, 0.1) is 13.8 Å². The third kappa shape index (κ3) is 5.81. The van der Waals surface area contributed by atoms with Gasteiger partial charge in [0.15, 0.2) is 5.13 Å². The first-order valence-electron chi connectivity index (χ1n) is 10.3. The summed E-state index contributed by atoms with van der Waals surface area (Å²) < 4.78 is 1.15. The van der Waals surface area contributed by atoms with Crippen molar-refractivity contribution in [1.82, 2.24) is 9.88 Å². The molecule has 3 aromatic rings. The summed E-state index contributed by atoms with van der Waals surface area (Å²) in [4.78, 5) is 22.2. The van der Waals surface area contributed by atoms with Crippen molar-refractivity contribution in [2.75, 3.05) is 32.1 Å². The summed E-state index contributed by atoms with van der Waals surface area (Å²) in [6, 6.07) is 12.6. The van der Waals surface area contributed by atoms with Gasteiger partial charge in [-0.05, 0) is 75.6 Å². The van der Waals surface area contributed by atoms with Crippen LogP contribution in [0.5, 0.6) is 0 Å². The number of nitrogens with zero attached hydrogens (tertiary/aromatic N) is 3. The van der Waals surface area contributed by atoms with E-state index in [1.165, 1.54) is 16.7 Å². The van der Waals surface area contributed by atoms with Gasteiger partial charge in [0.05, 0.1) is 16.6 Å². The molecule has 0 unspecified atom stereocenters. The van der Waals surface area contributed by atoms with Crippen LogP contribution >= 0.6 is 23.7 Å². The molecule has 0 aliphatic rings. The van der Waals surface area contributed by atoms with E-state index >= 15 is 0 Å². The number of carbonyl (C=O) groups excluding carboxylic acids is 1. The highest BCUT2D eigenvalue weighted by Crippen LogP contribution is 2.31. The molecule has 4 nitrogen and oxygen atoms in total. The summed E-state index contributed by atoms with van der Waals surface area (Å²) in [7, 11) is 4.12. The fourth-order valence-corrected chi connectivity index (χ4v) is 4.51. The molecule has 0 spiro atoms. The summed E-state index contributed by atoms with van der Waals surface area (Å²) in [5.74, 6) is 0.115. The lowest BCUT2D eigenvalue weighted by Gasteiger charge is -2.21. The van der Waals surface area contributed by atoms with Gasteiger partial charge in [0.25, 0.3) is 0 Å². The molecular formula is C24H32ClN3OS. The molecule has 0 radical (unpaired) electrons. The monoisotopic (exact) mass is 445 g/mol. The van der Waals surface area contributed by atoms with Gasteiger partial charge in [-0.1, -0.05) is 48.6 Å². The first-order chi connectivity index (χ1) is 13.9. The van der Waals surface area contributed by atoms with Gasteiger partial charge in [-0.3, -0.25) is 9.69 Å². The van der Waals surface area contributed by atoms with Crippen molar-refractivity contribution in [2.45, 2.75) is 40.0 Å². The highest BCUT2D eigenvalue weighted by molar-refractivity contribution is 7.22. The normalized spacial score (nSPS) is 11.0. The van der Waals surface area contributed by atoms with Crippen LogP contribution in [0.25, 0.3) is 10.2 Å². The van der Waals surface area contributed by atoms with Gasteiger partial charge in [0, 0.05) is 6.54 Å². The summed E-state index contributed by atoms with van der Waals surface area (Å²) in [6.45, 7) is 7.97. The van der Waals surface area contributed by atoms with E-state index in [-0.39, 0.29) is 18.3 Å². The van der Waals surface area contributed by atoms with Gasteiger partial charge in [0.1, 0.15) is 0 Å². The molecule has 1 amide bonds. The van der Waals surface area contributed by atoms with Crippen molar-refractivity contribution in [2.24, 2.45) is 0 Å². The Morgan fingerprint density at radius 1 is 1.07 bits per heavy atom. The number of carbonyl (C=O) groups is 1. The Hall–Kier alpha value is -1.95. The van der Waals surface area contributed by atoms with E-state index in [4.69, 9.17) is 4.98 Å². The Bertz CT molecular complexity index is 999. The number of amides is 1. The van der Waals surface area contributed by atoms with Gasteiger partial charge in [0.2, 0.25) is 5.91 Å². The van der Waals surface area contributed by atoms with Crippen LogP contribution in [-0.2, 0) is 17.6 Å². The lowest BCUT2D eigenvalue weighted by molar-refractivity contribution is -0.118. The zero-order chi connectivity index (χ0) is 21.0. The van der Waals surface area contributed by atoms with Crippen molar-refractivity contribution in [1.29, 1.82) is 0 Å². The topological polar surface area (TPSA) is 36.4 Å². The van der Waals surface area contributed by atoms with Gasteiger partial charge in [-0.15, -0.1) is 12.4 Å². The zero-order valence-electron chi connectivity index (χ0n) is 18.6. The van der Waals surface area contributed by atoms with Crippen molar-refractivity contribution < 1.29 is 4.79 Å². The highest BCUT2D eigenvalue weighted by atomic mass is 35.5. The second kappa shape index (κ2) is 10.9. The number of fused-ring (bicyclic) bond motifs is 1. The minimum Gasteiger partial charge on any atom is -0.309 e. The van der Waals surface area contributed by atoms with Crippen molar-refractivity contribution >= 4 is 45.0 Å². The molecule has 6 heteroatoms. The van der Waals surface area contributed by atoms with Crippen LogP contribution in [0.3, 0.4) is 0 Å². The molecule has 0 aliphatic carbocycles. The number of thiazole rings is 1. The van der Waals surface area contributed by atoms with Crippen LogP contribution in [0.4, 0.5) is 5.13 Å². The molecule has 1 heterocycles. The molecule has 0 saturated heterocycles. The van der Waals surface area contributed by atoms with Gasteiger partial charge in [-0.25, -0.2) is 4.98 Å². The summed E-state index contributed by atoms with van der Waals surface area (Å²) in [5.41, 5.74) is 5.81. The molecule has 0 fully saturated rings. The van der Waals surface area contributed by atoms with E-state index in [1.54, 1.807) is 11.3 Å². The number of halogens is 1. The number of rotatable bonds is 8. The predicted octanol–water partition coefficient (Wildman–Crippen LogP) is 5.42. The van der Waals surface area contributed by atoms with Crippen molar-refractivity contribution in [3.05, 3.63) is 58.7 Å². The van der Waals surface area contributed by atoms with Crippen molar-refractivity contribution in [3.8, 4) is 0 Å². The molecule has 1 aromatic heterocycles. The van der Waals surface area contributed by atoms with Gasteiger partial charge < -0.3 is 4.90 Å². The number of para-hydroxylation sites is 1. The Balaban J connectivity index is 0.00000320. The molecule has 162 valence electrons. The maximum absolute atomic E-state index is 13.3. The summed E-state index contributed by atoms with van der Waals surface area (Å²) >= 11 is 1.62. The maximum Gasteiger partial charge on any atom is 0.233 e. The van der Waals surface area contributed by atoms with E-state index in [0.29, 0.717) is 13.0 Å². The van der Waals surface area contributed by atoms with Crippen LogP contribution in [0.15, 0.2) is 36.4 Å². The third-order valence-corrected chi connectivity index (χ3v) is 6.36. The molecular weight excluding hydrogens is 414 g/mol. The fraction of sp³-hybridized carbons (Fsp3) is 0.417. The van der Waals surface area contributed by atoms with Crippen molar-refractivity contribution in [3.63, 3.8) is 0 Å². The first-order valence-corrected chi connectivity index (χ1v) is 11.1. The summed E-state index contributed by atoms with van der Waals surface area (Å²) in [6.07, 6.45) is 2.26. The zero-order valence-corrected chi connectivity index (χ0v) is 20.2. The van der Waals surface area contributed by atoms with Gasteiger partial charge >= 0.3 is 0 Å². The molecule has 0 atom stereocenters. The smallest absolute Gasteiger partial charge is 0.233 e. The average Bonchev–Trinajstić information content (AvgIpc) is 3.11. The second-order valence-electron chi connectivity index (χ2n) is 7.91. The lowest BCUT2D eigenvalue weighted by Crippen LogP contribution is -2.34. The number of anilines is 1. The quantitative estimate of drug-likeness (QED) is 0.464. The Kier molecular flexibility index (Phi) is 8.83. The number of hydrogen-bond donors (Lipinski definition) is 0. The molecule has 30 heavy (non-hydrogen) atoms.